The zero-order chi connectivity index (χ0) is 61.5. The van der Waals surface area contributed by atoms with E-state index in [1.165, 1.54) is 37.7 Å². The van der Waals surface area contributed by atoms with E-state index in [2.05, 4.69) is 53.7 Å². The van der Waals surface area contributed by atoms with Crippen molar-refractivity contribution in [2.24, 2.45) is 81.8 Å². The van der Waals surface area contributed by atoms with Crippen LogP contribution in [0.15, 0.2) is 93.8 Å². The minimum absolute atomic E-state index is 0. The van der Waals surface area contributed by atoms with Gasteiger partial charge in [-0.15, -0.1) is 0 Å². The Hall–Kier alpha value is -2.62. The van der Waals surface area contributed by atoms with Crippen molar-refractivity contribution in [3.8, 4) is 0 Å². The van der Waals surface area contributed by atoms with Gasteiger partial charge in [0.05, 0.1) is 49.8 Å². The number of rotatable bonds is 12. The molecular weight excluding hydrogens is 1140 g/mol. The summed E-state index contributed by atoms with van der Waals surface area (Å²) in [7, 11) is -7.05. The number of allylic oxidation sites excluding steroid dienone is 2. The molecule has 1 aliphatic heterocycles. The van der Waals surface area contributed by atoms with Crippen molar-refractivity contribution in [2.45, 2.75) is 272 Å². The first-order valence-electron chi connectivity index (χ1n) is 34.0. The zero-order valence-electron chi connectivity index (χ0n) is 52.7. The van der Waals surface area contributed by atoms with Gasteiger partial charge in [0.2, 0.25) is 11.8 Å². The fourth-order valence-corrected chi connectivity index (χ4v) is 25.0. The van der Waals surface area contributed by atoms with E-state index in [0.29, 0.717) is 65.8 Å². The summed E-state index contributed by atoms with van der Waals surface area (Å²) in [6, 6.07) is 17.5. The van der Waals surface area contributed by atoms with E-state index in [9.17, 15) is 49.7 Å². The highest BCUT2D eigenvalue weighted by Gasteiger charge is 2.61. The molecule has 17 atom stereocenters. The molecule has 1 unspecified atom stereocenters. The predicted molar refractivity (Wildman–Crippen MR) is 338 cm³/mol. The van der Waals surface area contributed by atoms with E-state index >= 15 is 0 Å². The fourth-order valence-electron chi connectivity index (χ4n) is 21.1. The molecule has 1 spiro atoms. The number of epoxide rings is 1. The van der Waals surface area contributed by atoms with Gasteiger partial charge in [-0.3, -0.25) is 0 Å². The van der Waals surface area contributed by atoms with Crippen LogP contribution < -0.4 is 0 Å². The Morgan fingerprint density at radius 2 is 0.977 bits per heavy atom. The molecule has 0 amide bonds. The number of hydrogen-bond donors (Lipinski definition) is 3. The first-order chi connectivity index (χ1) is 40.5. The van der Waals surface area contributed by atoms with Crippen molar-refractivity contribution >= 4 is 19.7 Å². The third kappa shape index (κ3) is 13.5. The third-order valence-corrected chi connectivity index (χ3v) is 30.8. The lowest BCUT2D eigenvalue weighted by atomic mass is 9.50. The standard InChI is InChI=1S/C36H52F2O4S.C29H42O3S.C7H10F2O.CH4/c1-4-34(39)17-15-27-25(22-34)10-11-29-28(27)14-16-33(3)30(12-13-31(29)33)24(2)32(43(41,42)26-8-6-5-7-9-26)23-35(40)18-20-36(37,38)21-19-35;1-4-29(30)17-15-23-21(18-29)10-11-25-24(23)14-16-28(3)26(12-13-27(25)28)20(2)19-33(31,32)22-8-6-5-7-9-22;8-7(9)3-1-6(2-4-7)5-10-6;/h5-10,24,27-32,39-40H,4,11-23H2,1-3H3;5-10,20,23-27,30H,4,11-19H2,1-3H3;1-5H2;1H4/t24-,27-,28+,29+,30+,31-,32?,33+,34-;20-,23+,24-,25-,26-,27+,28-,29+;;/m01../s1. The van der Waals surface area contributed by atoms with Gasteiger partial charge in [-0.1, -0.05) is 109 Å². The molecule has 3 N–H and O–H groups in total. The van der Waals surface area contributed by atoms with Gasteiger partial charge in [-0.2, -0.15) is 0 Å². The first kappa shape index (κ1) is 67.3. The molecule has 87 heavy (non-hydrogen) atoms. The highest BCUT2D eigenvalue weighted by molar-refractivity contribution is 7.92. The molecule has 0 aromatic heterocycles. The van der Waals surface area contributed by atoms with Crippen LogP contribution in [0.3, 0.4) is 0 Å². The predicted octanol–water partition coefficient (Wildman–Crippen LogP) is 17.2. The van der Waals surface area contributed by atoms with Gasteiger partial charge in [-0.05, 0) is 254 Å². The lowest BCUT2D eigenvalue weighted by molar-refractivity contribution is -0.108. The van der Waals surface area contributed by atoms with E-state index in [4.69, 9.17) is 4.74 Å². The lowest BCUT2D eigenvalue weighted by Gasteiger charge is -2.55. The molecular formula is C73H108F4O8S2. The summed E-state index contributed by atoms with van der Waals surface area (Å²) in [4.78, 5) is 0.726. The topological polar surface area (TPSA) is 142 Å². The highest BCUT2D eigenvalue weighted by atomic mass is 32.2. The number of aliphatic hydroxyl groups is 3. The molecule has 2 aromatic carbocycles. The quantitative estimate of drug-likeness (QED) is 0.108. The summed E-state index contributed by atoms with van der Waals surface area (Å²) in [5, 5.41) is 32.6. The van der Waals surface area contributed by atoms with Crippen molar-refractivity contribution < 1.29 is 54.5 Å². The Morgan fingerprint density at radius 3 is 1.44 bits per heavy atom. The number of alkyl halides is 4. The number of fused-ring (bicyclic) bond motifs is 10. The molecule has 11 aliphatic rings. The van der Waals surface area contributed by atoms with Gasteiger partial charge < -0.3 is 20.1 Å². The molecule has 0 bridgehead atoms. The van der Waals surface area contributed by atoms with Gasteiger partial charge in [0.25, 0.3) is 0 Å². The van der Waals surface area contributed by atoms with Gasteiger partial charge in [0.15, 0.2) is 19.7 Å². The number of halogens is 4. The van der Waals surface area contributed by atoms with Crippen LogP contribution in [0, 0.1) is 81.8 Å². The molecule has 1 saturated heterocycles. The van der Waals surface area contributed by atoms with Crippen LogP contribution in [0.2, 0.25) is 0 Å². The van der Waals surface area contributed by atoms with E-state index < -0.39 is 66.4 Å². The second kappa shape index (κ2) is 25.0. The average molecular weight is 1250 g/mol. The first-order valence-corrected chi connectivity index (χ1v) is 37.2. The molecule has 0 radical (unpaired) electrons. The van der Waals surface area contributed by atoms with Crippen LogP contribution in [0.1, 0.15) is 222 Å². The van der Waals surface area contributed by atoms with E-state index in [-0.39, 0.29) is 84.4 Å². The molecule has 14 heteroatoms. The summed E-state index contributed by atoms with van der Waals surface area (Å²) < 4.78 is 113. The fraction of sp³-hybridized carbons (Fsp3) is 0.781. The van der Waals surface area contributed by atoms with Gasteiger partial charge in [0, 0.05) is 25.7 Å². The normalized spacial score (nSPS) is 39.4. The minimum atomic E-state index is -3.80. The van der Waals surface area contributed by atoms with Gasteiger partial charge in [-0.25, -0.2) is 34.4 Å². The van der Waals surface area contributed by atoms with Crippen molar-refractivity contribution in [3.05, 3.63) is 84.0 Å². The maximum absolute atomic E-state index is 14.3. The van der Waals surface area contributed by atoms with E-state index in [1.807, 2.05) is 18.2 Å². The Labute approximate surface area is 521 Å². The van der Waals surface area contributed by atoms with Crippen LogP contribution in [0.5, 0.6) is 0 Å². The van der Waals surface area contributed by atoms with Crippen molar-refractivity contribution in [3.63, 3.8) is 0 Å². The maximum atomic E-state index is 14.3. The second-order valence-corrected chi connectivity index (χ2v) is 35.3. The van der Waals surface area contributed by atoms with Gasteiger partial charge in [0.1, 0.15) is 0 Å². The SMILES string of the molecule is C.CC[C@]1(O)CC[C@H]2C(=CC[C@@H]3[C@@H]2CC[C@]2(C)[C@@H]([C@H](C)C(CC4(O)CCC(F)(F)CC4)S(=O)(=O)c4ccccc4)CC[C@@H]32)C1.CC[C@]1(O)CC[C@H]2C(=CC[C@@H]3[C@@H]2CC[C@]2(C)[C@@H]([C@H](C)CS(=O)(=O)c4ccccc4)CC[C@@H]32)C1.FC1(F)CCC2(CC1)CO2. The van der Waals surface area contributed by atoms with Crippen molar-refractivity contribution in [1.29, 1.82) is 0 Å². The second-order valence-electron chi connectivity index (χ2n) is 31.1. The Balaban J connectivity index is 0.000000167. The molecule has 9 fully saturated rings. The average Bonchev–Trinajstić information content (AvgIpc) is 1.71. The molecule has 8 saturated carbocycles. The van der Waals surface area contributed by atoms with Crippen LogP contribution in [-0.2, 0) is 24.4 Å². The summed E-state index contributed by atoms with van der Waals surface area (Å²) in [5.74, 6) is 0.961. The third-order valence-electron chi connectivity index (χ3n) is 26.5. The molecule has 10 aliphatic carbocycles. The van der Waals surface area contributed by atoms with Crippen LogP contribution in [-0.4, -0.2) is 84.0 Å². The monoisotopic (exact) mass is 1250 g/mol. The zero-order valence-corrected chi connectivity index (χ0v) is 54.3. The summed E-state index contributed by atoms with van der Waals surface area (Å²) >= 11 is 0. The number of hydrogen-bond acceptors (Lipinski definition) is 8. The van der Waals surface area contributed by atoms with Crippen molar-refractivity contribution in [1.82, 2.24) is 0 Å². The molecule has 2 aromatic rings. The van der Waals surface area contributed by atoms with Gasteiger partial charge >= 0.3 is 0 Å². The summed E-state index contributed by atoms with van der Waals surface area (Å²) in [6.07, 6.45) is 24.1. The maximum Gasteiger partial charge on any atom is 0.248 e. The smallest absolute Gasteiger partial charge is 0.248 e. The number of sulfone groups is 2. The largest absolute Gasteiger partial charge is 0.390 e. The molecule has 13 rings (SSSR count). The van der Waals surface area contributed by atoms with Crippen LogP contribution >= 0.6 is 0 Å². The summed E-state index contributed by atoms with van der Waals surface area (Å²) in [6.45, 7) is 14.1. The highest BCUT2D eigenvalue weighted by Crippen LogP contribution is 2.67. The Kier molecular flexibility index (Phi) is 19.3. The molecule has 488 valence electrons. The minimum Gasteiger partial charge on any atom is -0.390 e. The summed E-state index contributed by atoms with van der Waals surface area (Å²) in [5.41, 5.74) is 0.775. The number of benzene rings is 2. The number of ether oxygens (including phenoxy) is 1. The van der Waals surface area contributed by atoms with Crippen LogP contribution in [0.25, 0.3) is 0 Å². The lowest BCUT2D eigenvalue weighted by Crippen LogP contribution is -2.50. The molecule has 8 nitrogen and oxygen atoms in total. The van der Waals surface area contributed by atoms with Crippen LogP contribution in [0.4, 0.5) is 17.6 Å². The van der Waals surface area contributed by atoms with Crippen molar-refractivity contribution in [2.75, 3.05) is 12.4 Å². The Bertz CT molecular complexity index is 2980. The Morgan fingerprint density at radius 1 is 0.540 bits per heavy atom. The molecule has 1 heterocycles. The van der Waals surface area contributed by atoms with E-state index in [1.54, 1.807) is 48.0 Å². The van der Waals surface area contributed by atoms with E-state index in [0.717, 1.165) is 95.3 Å².